The van der Waals surface area contributed by atoms with Crippen LogP contribution < -0.4 is 0 Å². The zero-order valence-corrected chi connectivity index (χ0v) is 8.85. The van der Waals surface area contributed by atoms with E-state index in [0.29, 0.717) is 11.8 Å². The minimum Gasteiger partial charge on any atom is -0.497 e. The van der Waals surface area contributed by atoms with E-state index in [1.807, 2.05) is 0 Å². The average molecular weight is 168 g/mol. The summed E-state index contributed by atoms with van der Waals surface area (Å²) in [5.74, 6) is 1.89. The van der Waals surface area contributed by atoms with Crippen LogP contribution in [0.4, 0.5) is 0 Å². The first kappa shape index (κ1) is 11.3. The molecule has 0 aliphatic rings. The number of ether oxygens (including phenoxy) is 1. The lowest BCUT2D eigenvalue weighted by atomic mass is 10.0. The van der Waals surface area contributed by atoms with Crippen LogP contribution in [0.5, 0.6) is 0 Å². The summed E-state index contributed by atoms with van der Waals surface area (Å²) in [6.07, 6.45) is 2.10. The molecule has 70 valence electrons. The lowest BCUT2D eigenvalue weighted by Gasteiger charge is -2.13. The van der Waals surface area contributed by atoms with Gasteiger partial charge in [0.05, 0.1) is 7.11 Å². The molecule has 0 saturated heterocycles. The highest BCUT2D eigenvalue weighted by atomic mass is 16.5. The molecule has 0 aromatic rings. The van der Waals surface area contributed by atoms with Gasteiger partial charge in [0.1, 0.15) is 5.76 Å². The quantitative estimate of drug-likeness (QED) is 0.462. The predicted molar refractivity (Wildman–Crippen MR) is 53.9 cm³/mol. The van der Waals surface area contributed by atoms with E-state index in [0.717, 1.165) is 11.3 Å². The fourth-order valence-electron chi connectivity index (χ4n) is 0.893. The third kappa shape index (κ3) is 3.61. The zero-order valence-electron chi connectivity index (χ0n) is 8.85. The smallest absolute Gasteiger partial charge is 0.117 e. The van der Waals surface area contributed by atoms with Gasteiger partial charge in [0.15, 0.2) is 0 Å². The van der Waals surface area contributed by atoms with Gasteiger partial charge in [-0.3, -0.25) is 0 Å². The van der Waals surface area contributed by atoms with Crippen molar-refractivity contribution in [3.8, 4) is 0 Å². The molecular formula is C11H20O. The van der Waals surface area contributed by atoms with E-state index in [2.05, 4.69) is 40.3 Å². The molecule has 0 saturated carbocycles. The predicted octanol–water partition coefficient (Wildman–Crippen LogP) is 3.38. The van der Waals surface area contributed by atoms with Crippen molar-refractivity contribution in [1.82, 2.24) is 0 Å². The molecule has 12 heavy (non-hydrogen) atoms. The molecule has 0 aliphatic carbocycles. The van der Waals surface area contributed by atoms with Crippen LogP contribution in [-0.2, 0) is 4.74 Å². The van der Waals surface area contributed by atoms with E-state index in [9.17, 15) is 0 Å². The summed E-state index contributed by atoms with van der Waals surface area (Å²) in [6.45, 7) is 12.5. The van der Waals surface area contributed by atoms with E-state index < -0.39 is 0 Å². The second-order valence-electron chi connectivity index (χ2n) is 3.66. The van der Waals surface area contributed by atoms with E-state index in [1.54, 1.807) is 7.11 Å². The summed E-state index contributed by atoms with van der Waals surface area (Å²) in [7, 11) is 1.70. The molecule has 0 aromatic carbocycles. The Morgan fingerprint density at radius 2 is 1.75 bits per heavy atom. The molecule has 1 heteroatoms. The molecule has 1 nitrogen and oxygen atoms in total. The topological polar surface area (TPSA) is 9.23 Å². The number of allylic oxidation sites excluding steroid dienone is 2. The molecule has 0 fully saturated rings. The Morgan fingerprint density at radius 1 is 1.25 bits per heavy atom. The normalized spacial score (nSPS) is 12.4. The Hall–Kier alpha value is -0.720. The highest BCUT2D eigenvalue weighted by Gasteiger charge is 2.07. The van der Waals surface area contributed by atoms with E-state index in [-0.39, 0.29) is 0 Å². The molecule has 0 spiro atoms. The van der Waals surface area contributed by atoms with Gasteiger partial charge in [-0.15, -0.1) is 0 Å². The van der Waals surface area contributed by atoms with Gasteiger partial charge in [-0.2, -0.15) is 0 Å². The van der Waals surface area contributed by atoms with Crippen molar-refractivity contribution in [3.05, 3.63) is 24.0 Å². The summed E-state index contributed by atoms with van der Waals surface area (Å²) < 4.78 is 5.25. The molecule has 0 heterocycles. The van der Waals surface area contributed by atoms with Crippen LogP contribution in [0.2, 0.25) is 0 Å². The minimum absolute atomic E-state index is 0.454. The Balaban J connectivity index is 4.45. The lowest BCUT2D eigenvalue weighted by molar-refractivity contribution is 0.291. The maximum Gasteiger partial charge on any atom is 0.117 e. The monoisotopic (exact) mass is 168 g/mol. The maximum atomic E-state index is 5.25. The molecule has 0 N–H and O–H groups in total. The van der Waals surface area contributed by atoms with Crippen molar-refractivity contribution in [2.75, 3.05) is 7.11 Å². The van der Waals surface area contributed by atoms with Crippen LogP contribution in [0, 0.1) is 11.8 Å². The summed E-state index contributed by atoms with van der Waals surface area (Å²) >= 11 is 0. The third-order valence-electron chi connectivity index (χ3n) is 1.72. The first-order chi connectivity index (χ1) is 5.49. The second kappa shape index (κ2) is 5.02. The van der Waals surface area contributed by atoms with Gasteiger partial charge in [0, 0.05) is 0 Å². The van der Waals surface area contributed by atoms with E-state index >= 15 is 0 Å². The molecule has 0 unspecified atom stereocenters. The Bertz CT molecular complexity index is 175. The minimum atomic E-state index is 0.454. The summed E-state index contributed by atoms with van der Waals surface area (Å²) in [6, 6.07) is 0. The zero-order chi connectivity index (χ0) is 9.72. The summed E-state index contributed by atoms with van der Waals surface area (Å²) in [4.78, 5) is 0. The van der Waals surface area contributed by atoms with Gasteiger partial charge in [-0.25, -0.2) is 0 Å². The third-order valence-corrected chi connectivity index (χ3v) is 1.72. The van der Waals surface area contributed by atoms with E-state index in [4.69, 9.17) is 4.74 Å². The van der Waals surface area contributed by atoms with Crippen molar-refractivity contribution in [2.24, 2.45) is 11.8 Å². The van der Waals surface area contributed by atoms with Crippen LogP contribution in [0.1, 0.15) is 27.7 Å². The highest BCUT2D eigenvalue weighted by Crippen LogP contribution is 2.19. The van der Waals surface area contributed by atoms with Gasteiger partial charge >= 0.3 is 0 Å². The van der Waals surface area contributed by atoms with Crippen LogP contribution >= 0.6 is 0 Å². The number of methoxy groups -OCH3 is 1. The molecule has 0 bridgehead atoms. The summed E-state index contributed by atoms with van der Waals surface area (Å²) in [5, 5.41) is 0. The Morgan fingerprint density at radius 3 is 2.00 bits per heavy atom. The largest absolute Gasteiger partial charge is 0.497 e. The SMILES string of the molecule is C=C(/C(=C/C(C)C)OC)C(C)C. The molecule has 0 amide bonds. The van der Waals surface area contributed by atoms with Crippen molar-refractivity contribution in [3.63, 3.8) is 0 Å². The molecular weight excluding hydrogens is 148 g/mol. The molecule has 0 radical (unpaired) electrons. The van der Waals surface area contributed by atoms with Crippen LogP contribution in [-0.4, -0.2) is 7.11 Å². The Labute approximate surface area is 76.1 Å². The number of rotatable bonds is 4. The van der Waals surface area contributed by atoms with Crippen molar-refractivity contribution < 1.29 is 4.74 Å². The first-order valence-electron chi connectivity index (χ1n) is 4.44. The van der Waals surface area contributed by atoms with Gasteiger partial charge < -0.3 is 4.74 Å². The average Bonchev–Trinajstić information content (AvgIpc) is 1.98. The summed E-state index contributed by atoms with van der Waals surface area (Å²) in [5.41, 5.74) is 1.08. The number of hydrogen-bond donors (Lipinski definition) is 0. The van der Waals surface area contributed by atoms with Crippen molar-refractivity contribution >= 4 is 0 Å². The highest BCUT2D eigenvalue weighted by molar-refractivity contribution is 5.24. The lowest BCUT2D eigenvalue weighted by Crippen LogP contribution is -2.00. The second-order valence-corrected chi connectivity index (χ2v) is 3.66. The molecule has 0 aromatic heterocycles. The molecule has 0 rings (SSSR count). The van der Waals surface area contributed by atoms with Gasteiger partial charge in [0.25, 0.3) is 0 Å². The van der Waals surface area contributed by atoms with Gasteiger partial charge in [-0.05, 0) is 23.5 Å². The molecule has 0 atom stereocenters. The van der Waals surface area contributed by atoms with E-state index in [1.165, 1.54) is 0 Å². The van der Waals surface area contributed by atoms with Crippen LogP contribution in [0.3, 0.4) is 0 Å². The standard InChI is InChI=1S/C11H20O/c1-8(2)7-11(12-6)10(5)9(3)4/h7-9H,5H2,1-4,6H3/b11-7-. The Kier molecular flexibility index (Phi) is 4.72. The number of hydrogen-bond acceptors (Lipinski definition) is 1. The van der Waals surface area contributed by atoms with Gasteiger partial charge in [-0.1, -0.05) is 34.3 Å². The fourth-order valence-corrected chi connectivity index (χ4v) is 0.893. The van der Waals surface area contributed by atoms with Crippen LogP contribution in [0.25, 0.3) is 0 Å². The first-order valence-corrected chi connectivity index (χ1v) is 4.44. The maximum absolute atomic E-state index is 5.25. The van der Waals surface area contributed by atoms with Crippen molar-refractivity contribution in [1.29, 1.82) is 0 Å². The van der Waals surface area contributed by atoms with Gasteiger partial charge in [0.2, 0.25) is 0 Å². The fraction of sp³-hybridized carbons (Fsp3) is 0.636. The van der Waals surface area contributed by atoms with Crippen LogP contribution in [0.15, 0.2) is 24.0 Å². The van der Waals surface area contributed by atoms with Crippen molar-refractivity contribution in [2.45, 2.75) is 27.7 Å². The molecule has 0 aliphatic heterocycles.